The molecule has 170 valence electrons. The first-order chi connectivity index (χ1) is 15.5. The molecule has 2 fully saturated rings. The highest BCUT2D eigenvalue weighted by atomic mass is 16.7. The number of anilines is 1. The molecule has 3 aliphatic rings. The van der Waals surface area contributed by atoms with Gasteiger partial charge in [-0.05, 0) is 41.3 Å². The zero-order valence-electron chi connectivity index (χ0n) is 18.6. The molecule has 32 heavy (non-hydrogen) atoms. The summed E-state index contributed by atoms with van der Waals surface area (Å²) in [5.41, 5.74) is 2.92. The summed E-state index contributed by atoms with van der Waals surface area (Å²) >= 11 is 0. The Labute approximate surface area is 188 Å². The summed E-state index contributed by atoms with van der Waals surface area (Å²) in [6.07, 6.45) is 1.48. The number of piperidine rings is 1. The summed E-state index contributed by atoms with van der Waals surface area (Å²) in [6.45, 7) is 7.21. The Kier molecular flexibility index (Phi) is 5.80. The molecule has 1 N–H and O–H groups in total. The Morgan fingerprint density at radius 2 is 1.59 bits per heavy atom. The van der Waals surface area contributed by atoms with Crippen molar-refractivity contribution in [1.82, 2.24) is 4.90 Å². The van der Waals surface area contributed by atoms with E-state index in [0.717, 1.165) is 24.1 Å². The Hall–Kier alpha value is -2.61. The van der Waals surface area contributed by atoms with Gasteiger partial charge in [-0.25, -0.2) is 0 Å². The summed E-state index contributed by atoms with van der Waals surface area (Å²) in [7, 11) is 0. The van der Waals surface area contributed by atoms with Gasteiger partial charge in [-0.2, -0.15) is 0 Å². The Morgan fingerprint density at radius 3 is 2.28 bits per heavy atom. The lowest BCUT2D eigenvalue weighted by molar-refractivity contribution is -0.188. The monoisotopic (exact) mass is 438 g/mol. The first-order valence-corrected chi connectivity index (χ1v) is 11.4. The quantitative estimate of drug-likeness (QED) is 0.759. The summed E-state index contributed by atoms with van der Waals surface area (Å²) < 4.78 is 22.8. The van der Waals surface area contributed by atoms with Crippen molar-refractivity contribution in [2.75, 3.05) is 38.4 Å². The van der Waals surface area contributed by atoms with E-state index < -0.39 is 11.8 Å². The standard InChI is InChI=1S/C25H30N2O5/c1-17(2)18-3-6-20(7-4-18)26-24(28)23(19-5-8-21-22(15-19)30-16-29-21)27-11-9-25(10-12-27)31-13-14-32-25/h3-8,15,17,23H,9-14,16H2,1-2H3,(H,26,28)/t23-/m1/s1. The fraction of sp³-hybridized carbons (Fsp3) is 0.480. The van der Waals surface area contributed by atoms with Gasteiger partial charge in [0.15, 0.2) is 17.3 Å². The smallest absolute Gasteiger partial charge is 0.246 e. The van der Waals surface area contributed by atoms with E-state index in [1.54, 1.807) is 0 Å². The first kappa shape index (κ1) is 21.2. The van der Waals surface area contributed by atoms with Gasteiger partial charge >= 0.3 is 0 Å². The van der Waals surface area contributed by atoms with E-state index in [2.05, 4.69) is 36.2 Å². The van der Waals surface area contributed by atoms with Crippen LogP contribution in [0.5, 0.6) is 11.5 Å². The molecule has 1 atom stereocenters. The van der Waals surface area contributed by atoms with Gasteiger partial charge in [0, 0.05) is 31.6 Å². The van der Waals surface area contributed by atoms with Crippen LogP contribution in [-0.2, 0) is 14.3 Å². The number of amides is 1. The second-order valence-corrected chi connectivity index (χ2v) is 8.92. The maximum absolute atomic E-state index is 13.6. The highest BCUT2D eigenvalue weighted by Gasteiger charge is 2.42. The lowest BCUT2D eigenvalue weighted by Gasteiger charge is -2.40. The van der Waals surface area contributed by atoms with E-state index >= 15 is 0 Å². The van der Waals surface area contributed by atoms with Gasteiger partial charge in [0.05, 0.1) is 13.2 Å². The van der Waals surface area contributed by atoms with Crippen LogP contribution in [0.25, 0.3) is 0 Å². The van der Waals surface area contributed by atoms with E-state index in [4.69, 9.17) is 18.9 Å². The topological polar surface area (TPSA) is 69.3 Å². The summed E-state index contributed by atoms with van der Waals surface area (Å²) in [5.74, 6) is 1.28. The predicted molar refractivity (Wildman–Crippen MR) is 120 cm³/mol. The van der Waals surface area contributed by atoms with Gasteiger partial charge in [-0.15, -0.1) is 0 Å². The van der Waals surface area contributed by atoms with Crippen LogP contribution in [0.15, 0.2) is 42.5 Å². The van der Waals surface area contributed by atoms with Crippen molar-refractivity contribution in [3.63, 3.8) is 0 Å². The molecule has 7 heteroatoms. The third-order valence-corrected chi connectivity index (χ3v) is 6.54. The number of nitrogens with zero attached hydrogens (tertiary/aromatic N) is 1. The van der Waals surface area contributed by atoms with E-state index in [1.165, 1.54) is 5.56 Å². The van der Waals surface area contributed by atoms with Crippen molar-refractivity contribution in [1.29, 1.82) is 0 Å². The number of rotatable bonds is 5. The van der Waals surface area contributed by atoms with E-state index in [-0.39, 0.29) is 12.7 Å². The minimum absolute atomic E-state index is 0.0645. The van der Waals surface area contributed by atoms with Crippen molar-refractivity contribution in [3.8, 4) is 11.5 Å². The molecule has 0 aliphatic carbocycles. The summed E-state index contributed by atoms with van der Waals surface area (Å²) in [4.78, 5) is 15.8. The molecule has 0 radical (unpaired) electrons. The van der Waals surface area contributed by atoms with Crippen molar-refractivity contribution in [2.24, 2.45) is 0 Å². The van der Waals surface area contributed by atoms with Gasteiger partial charge in [0.1, 0.15) is 6.04 Å². The van der Waals surface area contributed by atoms with Crippen LogP contribution in [0.2, 0.25) is 0 Å². The maximum atomic E-state index is 13.6. The molecule has 2 aromatic rings. The number of fused-ring (bicyclic) bond motifs is 1. The number of hydrogen-bond donors (Lipinski definition) is 1. The SMILES string of the molecule is CC(C)c1ccc(NC(=O)[C@@H](c2ccc3c(c2)OCO3)N2CCC3(CC2)OCCO3)cc1. The minimum Gasteiger partial charge on any atom is -0.454 e. The van der Waals surface area contributed by atoms with Crippen LogP contribution in [0.1, 0.15) is 49.8 Å². The van der Waals surface area contributed by atoms with Gasteiger partial charge < -0.3 is 24.3 Å². The van der Waals surface area contributed by atoms with Crippen molar-refractivity contribution >= 4 is 11.6 Å². The fourth-order valence-corrected chi connectivity index (χ4v) is 4.68. The number of nitrogens with one attached hydrogen (secondary N) is 1. The van der Waals surface area contributed by atoms with E-state index in [9.17, 15) is 4.79 Å². The predicted octanol–water partition coefficient (Wildman–Crippen LogP) is 4.06. The third kappa shape index (κ3) is 4.20. The normalized spacial score (nSPS) is 20.6. The molecule has 7 nitrogen and oxygen atoms in total. The molecular weight excluding hydrogens is 408 g/mol. The van der Waals surface area contributed by atoms with Crippen LogP contribution < -0.4 is 14.8 Å². The maximum Gasteiger partial charge on any atom is 0.246 e. The van der Waals surface area contributed by atoms with Gasteiger partial charge in [0.2, 0.25) is 12.7 Å². The number of ether oxygens (including phenoxy) is 4. The molecule has 0 saturated carbocycles. The molecule has 1 spiro atoms. The lowest BCUT2D eigenvalue weighted by atomic mass is 9.97. The summed E-state index contributed by atoms with van der Waals surface area (Å²) in [6, 6.07) is 13.4. The van der Waals surface area contributed by atoms with Crippen LogP contribution in [0, 0.1) is 0 Å². The van der Waals surface area contributed by atoms with Crippen LogP contribution in [0.4, 0.5) is 5.69 Å². The highest BCUT2D eigenvalue weighted by Crippen LogP contribution is 2.39. The van der Waals surface area contributed by atoms with E-state index in [1.807, 2.05) is 30.3 Å². The fourth-order valence-electron chi connectivity index (χ4n) is 4.68. The van der Waals surface area contributed by atoms with Crippen LogP contribution >= 0.6 is 0 Å². The van der Waals surface area contributed by atoms with Crippen molar-refractivity contribution in [2.45, 2.75) is 44.4 Å². The lowest BCUT2D eigenvalue weighted by Crippen LogP contribution is -2.48. The van der Waals surface area contributed by atoms with Crippen molar-refractivity contribution < 1.29 is 23.7 Å². The zero-order valence-corrected chi connectivity index (χ0v) is 18.6. The zero-order chi connectivity index (χ0) is 22.1. The molecule has 3 aliphatic heterocycles. The second kappa shape index (κ2) is 8.73. The van der Waals surface area contributed by atoms with Gasteiger partial charge in [-0.1, -0.05) is 32.0 Å². The number of hydrogen-bond acceptors (Lipinski definition) is 6. The Morgan fingerprint density at radius 1 is 0.938 bits per heavy atom. The number of carbonyl (C=O) groups excluding carboxylic acids is 1. The van der Waals surface area contributed by atoms with Crippen LogP contribution in [0.3, 0.4) is 0 Å². The Bertz CT molecular complexity index is 959. The molecule has 5 rings (SSSR count). The number of carbonyl (C=O) groups is 1. The average molecular weight is 439 g/mol. The number of benzene rings is 2. The van der Waals surface area contributed by atoms with Gasteiger partial charge in [0.25, 0.3) is 0 Å². The molecule has 0 unspecified atom stereocenters. The molecule has 2 aromatic carbocycles. The largest absolute Gasteiger partial charge is 0.454 e. The first-order valence-electron chi connectivity index (χ1n) is 11.4. The number of likely N-dealkylation sites (tertiary alicyclic amines) is 1. The molecule has 1 amide bonds. The van der Waals surface area contributed by atoms with Crippen LogP contribution in [-0.4, -0.2) is 49.7 Å². The second-order valence-electron chi connectivity index (χ2n) is 8.92. The minimum atomic E-state index is -0.487. The highest BCUT2D eigenvalue weighted by molar-refractivity contribution is 5.95. The third-order valence-electron chi connectivity index (χ3n) is 6.54. The molecule has 0 aromatic heterocycles. The van der Waals surface area contributed by atoms with E-state index in [0.29, 0.717) is 43.7 Å². The molecule has 3 heterocycles. The molecule has 2 saturated heterocycles. The van der Waals surface area contributed by atoms with Gasteiger partial charge in [-0.3, -0.25) is 9.69 Å². The Balaban J connectivity index is 1.38. The molecular formula is C25H30N2O5. The summed E-state index contributed by atoms with van der Waals surface area (Å²) in [5, 5.41) is 3.12. The van der Waals surface area contributed by atoms with Crippen molar-refractivity contribution in [3.05, 3.63) is 53.6 Å². The average Bonchev–Trinajstić information content (AvgIpc) is 3.45. The molecule has 0 bridgehead atoms.